The van der Waals surface area contributed by atoms with Crippen LogP contribution in [0.4, 0.5) is 0 Å². The maximum Gasteiger partial charge on any atom is 0.294 e. The molecule has 0 fully saturated rings. The molecule has 0 aliphatic heterocycles. The van der Waals surface area contributed by atoms with Crippen LogP contribution in [0.2, 0.25) is 0 Å². The van der Waals surface area contributed by atoms with Crippen LogP contribution < -0.4 is 4.57 Å². The highest BCUT2D eigenvalue weighted by Gasteiger charge is 2.07. The molecule has 1 aromatic heterocycles. The van der Waals surface area contributed by atoms with Crippen molar-refractivity contribution >= 4 is 21.0 Å². The molecule has 5 heteroatoms. The van der Waals surface area contributed by atoms with Crippen molar-refractivity contribution < 1.29 is 17.5 Å². The zero-order valence-electron chi connectivity index (χ0n) is 14.6. The van der Waals surface area contributed by atoms with Crippen LogP contribution in [0.3, 0.4) is 0 Å². The quantitative estimate of drug-likeness (QED) is 0.562. The van der Waals surface area contributed by atoms with Gasteiger partial charge in [-0.05, 0) is 31.2 Å². The summed E-state index contributed by atoms with van der Waals surface area (Å²) in [5, 5.41) is 1.33. The average molecular weight is 358 g/mol. The lowest BCUT2D eigenvalue weighted by atomic mass is 10.2. The van der Waals surface area contributed by atoms with Crippen LogP contribution in [0.15, 0.2) is 71.8 Å². The van der Waals surface area contributed by atoms with Crippen molar-refractivity contribution in [1.82, 2.24) is 0 Å². The van der Waals surface area contributed by atoms with E-state index in [2.05, 4.69) is 54.1 Å². The van der Waals surface area contributed by atoms with Crippen molar-refractivity contribution in [2.75, 3.05) is 0 Å². The van der Waals surface area contributed by atoms with E-state index in [1.807, 2.05) is 6.92 Å². The Kier molecular flexibility index (Phi) is 6.67. The molecule has 4 nitrogen and oxygen atoms in total. The number of pyridine rings is 1. The number of para-hydroxylation sites is 1. The summed E-state index contributed by atoms with van der Waals surface area (Å²) < 4.78 is 31.9. The molecule has 0 aliphatic rings. The van der Waals surface area contributed by atoms with Gasteiger partial charge in [-0.25, -0.2) is 0 Å². The first-order valence-corrected chi connectivity index (χ1v) is 9.77. The number of fused-ring (bicyclic) bond motifs is 1. The predicted octanol–water partition coefficient (Wildman–Crippen LogP) is 4.17. The lowest BCUT2D eigenvalue weighted by Crippen LogP contribution is -2.33. The number of hydrogen-bond acceptors (Lipinski definition) is 2. The minimum absolute atomic E-state index is 0.0666. The number of nitrogens with zero attached hydrogens (tertiary/aromatic N) is 1. The number of aromatic nitrogens is 1. The first-order valence-electron chi connectivity index (χ1n) is 8.33. The third kappa shape index (κ3) is 5.66. The van der Waals surface area contributed by atoms with Gasteiger partial charge in [-0.2, -0.15) is 13.0 Å². The van der Waals surface area contributed by atoms with Gasteiger partial charge in [0, 0.05) is 23.9 Å². The van der Waals surface area contributed by atoms with Gasteiger partial charge in [0.05, 0.1) is 4.90 Å². The molecule has 25 heavy (non-hydrogen) atoms. The first-order chi connectivity index (χ1) is 11.9. The minimum Gasteiger partial charge on any atom is -0.282 e. The Labute approximate surface area is 149 Å². The summed E-state index contributed by atoms with van der Waals surface area (Å²) in [5.41, 5.74) is 2.29. The topological polar surface area (TPSA) is 58.2 Å². The highest BCUT2D eigenvalue weighted by atomic mass is 32.2. The first kappa shape index (κ1) is 19.1. The highest BCUT2D eigenvalue weighted by Crippen LogP contribution is 2.09. The fourth-order valence-electron chi connectivity index (χ4n) is 2.45. The largest absolute Gasteiger partial charge is 0.294 e. The summed E-state index contributed by atoms with van der Waals surface area (Å²) in [7, 11) is -4.02. The Balaban J connectivity index is 0.000000186. The van der Waals surface area contributed by atoms with Gasteiger partial charge in [-0.15, -0.1) is 0 Å². The fourth-order valence-corrected chi connectivity index (χ4v) is 2.93. The molecule has 0 unspecified atom stereocenters. The Bertz CT molecular complexity index is 914. The Morgan fingerprint density at radius 3 is 2.24 bits per heavy atom. The highest BCUT2D eigenvalue weighted by molar-refractivity contribution is 7.85. The van der Waals surface area contributed by atoms with Gasteiger partial charge < -0.3 is 0 Å². The van der Waals surface area contributed by atoms with Crippen molar-refractivity contribution in [3.8, 4) is 0 Å². The van der Waals surface area contributed by atoms with E-state index in [4.69, 9.17) is 4.55 Å². The van der Waals surface area contributed by atoms with E-state index in [1.54, 1.807) is 12.1 Å². The zero-order chi connectivity index (χ0) is 18.3. The van der Waals surface area contributed by atoms with Crippen LogP contribution in [0.25, 0.3) is 10.9 Å². The van der Waals surface area contributed by atoms with Gasteiger partial charge in [0.1, 0.15) is 6.54 Å². The molecular formula is C20H24NO3S+. The molecule has 0 aliphatic carbocycles. The van der Waals surface area contributed by atoms with Crippen molar-refractivity contribution in [2.45, 2.75) is 38.1 Å². The van der Waals surface area contributed by atoms with Gasteiger partial charge in [-0.1, -0.05) is 43.2 Å². The predicted molar refractivity (Wildman–Crippen MR) is 100 cm³/mol. The lowest BCUT2D eigenvalue weighted by Gasteiger charge is -1.99. The number of aryl methyl sites for hydroxylation is 2. The normalized spacial score (nSPS) is 11.0. The standard InChI is InChI=1S/C13H16N.C7H8O3S/c1-2-3-10-14-11-6-8-12-7-4-5-9-13(12)14;1-6-2-4-7(5-3-6)11(8,9)10/h4-9,11H,2-3,10H2,1H3;2-5H,1H3,(H,8,9,10)/q+1;. The van der Waals surface area contributed by atoms with E-state index in [0.717, 1.165) is 12.1 Å². The summed E-state index contributed by atoms with van der Waals surface area (Å²) >= 11 is 0. The second kappa shape index (κ2) is 8.74. The molecule has 0 saturated heterocycles. The monoisotopic (exact) mass is 358 g/mol. The van der Waals surface area contributed by atoms with E-state index in [9.17, 15) is 8.42 Å². The molecule has 132 valence electrons. The molecule has 0 saturated carbocycles. The summed E-state index contributed by atoms with van der Waals surface area (Å²) in [5.74, 6) is 0. The molecule has 0 spiro atoms. The van der Waals surface area contributed by atoms with Crippen molar-refractivity contribution in [3.05, 3.63) is 72.4 Å². The van der Waals surface area contributed by atoms with Gasteiger partial charge in [0.25, 0.3) is 10.1 Å². The van der Waals surface area contributed by atoms with E-state index in [1.165, 1.54) is 35.9 Å². The molecular weight excluding hydrogens is 334 g/mol. The molecule has 1 N–H and O–H groups in total. The molecule has 3 rings (SSSR count). The Hall–Kier alpha value is -2.24. The van der Waals surface area contributed by atoms with E-state index >= 15 is 0 Å². The van der Waals surface area contributed by atoms with Crippen molar-refractivity contribution in [2.24, 2.45) is 0 Å². The number of benzene rings is 2. The third-order valence-corrected chi connectivity index (χ3v) is 4.73. The maximum absolute atomic E-state index is 10.5. The molecule has 0 bridgehead atoms. The number of hydrogen-bond donors (Lipinski definition) is 1. The van der Waals surface area contributed by atoms with E-state index in [-0.39, 0.29) is 4.90 Å². The van der Waals surface area contributed by atoms with Crippen molar-refractivity contribution in [1.29, 1.82) is 0 Å². The van der Waals surface area contributed by atoms with Gasteiger partial charge in [-0.3, -0.25) is 4.55 Å². The summed E-state index contributed by atoms with van der Waals surface area (Å²) in [6.07, 6.45) is 4.66. The number of rotatable bonds is 4. The molecule has 0 radical (unpaired) electrons. The van der Waals surface area contributed by atoms with E-state index < -0.39 is 10.1 Å². The summed E-state index contributed by atoms with van der Waals surface area (Å²) in [4.78, 5) is -0.0666. The average Bonchev–Trinajstić information content (AvgIpc) is 2.60. The maximum atomic E-state index is 10.5. The lowest BCUT2D eigenvalue weighted by molar-refractivity contribution is -0.671. The van der Waals surface area contributed by atoms with Crippen LogP contribution in [0.1, 0.15) is 25.3 Å². The molecule has 2 aromatic carbocycles. The second-order valence-electron chi connectivity index (χ2n) is 5.90. The van der Waals surface area contributed by atoms with Crippen LogP contribution in [0, 0.1) is 6.92 Å². The molecule has 0 atom stereocenters. The SMILES string of the molecule is CCCC[n+]1cccc2ccccc21.Cc1ccc(S(=O)(=O)O)cc1. The number of unbranched alkanes of at least 4 members (excludes halogenated alkanes) is 1. The Morgan fingerprint density at radius 1 is 0.960 bits per heavy atom. The smallest absolute Gasteiger partial charge is 0.282 e. The molecule has 1 heterocycles. The van der Waals surface area contributed by atoms with Crippen LogP contribution in [-0.4, -0.2) is 13.0 Å². The minimum atomic E-state index is -4.02. The van der Waals surface area contributed by atoms with Crippen LogP contribution in [-0.2, 0) is 16.7 Å². The van der Waals surface area contributed by atoms with Crippen LogP contribution >= 0.6 is 0 Å². The van der Waals surface area contributed by atoms with Crippen LogP contribution in [0.5, 0.6) is 0 Å². The Morgan fingerprint density at radius 2 is 1.60 bits per heavy atom. The zero-order valence-corrected chi connectivity index (χ0v) is 15.4. The summed E-state index contributed by atoms with van der Waals surface area (Å²) in [6, 6.07) is 18.8. The van der Waals surface area contributed by atoms with E-state index in [0.29, 0.717) is 0 Å². The summed E-state index contributed by atoms with van der Waals surface area (Å²) in [6.45, 7) is 5.19. The second-order valence-corrected chi connectivity index (χ2v) is 7.32. The fraction of sp³-hybridized carbons (Fsp3) is 0.250. The molecule has 3 aromatic rings. The third-order valence-electron chi connectivity index (χ3n) is 3.86. The van der Waals surface area contributed by atoms with Gasteiger partial charge in [0.15, 0.2) is 6.20 Å². The van der Waals surface area contributed by atoms with Gasteiger partial charge in [0.2, 0.25) is 5.52 Å². The van der Waals surface area contributed by atoms with Crippen molar-refractivity contribution in [3.63, 3.8) is 0 Å². The van der Waals surface area contributed by atoms with Gasteiger partial charge >= 0.3 is 0 Å². The molecule has 0 amide bonds.